The molecule has 8 heteroatoms. The van der Waals surface area contributed by atoms with Crippen molar-refractivity contribution in [3.05, 3.63) is 35.9 Å². The zero-order chi connectivity index (χ0) is 15.3. The molecule has 2 heterocycles. The maximum Gasteiger partial charge on any atom is 0.263 e. The SMILES string of the molecule is N#C/C(=C/NC1CCS(=O)(=O)C1)C(=O)NCc1ccco1. The van der Waals surface area contributed by atoms with Crippen LogP contribution in [0.15, 0.2) is 34.6 Å². The van der Waals surface area contributed by atoms with E-state index in [1.54, 1.807) is 18.2 Å². The number of amides is 1. The fraction of sp³-hybridized carbons (Fsp3) is 0.385. The fourth-order valence-corrected chi connectivity index (χ4v) is 3.64. The lowest BCUT2D eigenvalue weighted by molar-refractivity contribution is -0.117. The Balaban J connectivity index is 1.88. The minimum atomic E-state index is -3.00. The highest BCUT2D eigenvalue weighted by molar-refractivity contribution is 7.91. The molecule has 21 heavy (non-hydrogen) atoms. The molecule has 0 spiro atoms. The third kappa shape index (κ3) is 4.36. The highest BCUT2D eigenvalue weighted by Gasteiger charge is 2.27. The van der Waals surface area contributed by atoms with Gasteiger partial charge in [0.25, 0.3) is 5.91 Å². The predicted molar refractivity (Wildman–Crippen MR) is 74.4 cm³/mol. The summed E-state index contributed by atoms with van der Waals surface area (Å²) in [6.45, 7) is 0.183. The first kappa shape index (κ1) is 15.1. The summed E-state index contributed by atoms with van der Waals surface area (Å²) in [5.74, 6) is 0.194. The number of sulfone groups is 1. The van der Waals surface area contributed by atoms with Crippen LogP contribution >= 0.6 is 0 Å². The van der Waals surface area contributed by atoms with Gasteiger partial charge in [-0.15, -0.1) is 0 Å². The first-order valence-electron chi connectivity index (χ1n) is 6.37. The molecule has 1 saturated heterocycles. The number of furan rings is 1. The van der Waals surface area contributed by atoms with Crippen molar-refractivity contribution in [1.82, 2.24) is 10.6 Å². The highest BCUT2D eigenvalue weighted by atomic mass is 32.2. The smallest absolute Gasteiger partial charge is 0.263 e. The van der Waals surface area contributed by atoms with Crippen molar-refractivity contribution in [3.8, 4) is 6.07 Å². The van der Waals surface area contributed by atoms with Gasteiger partial charge in [-0.1, -0.05) is 0 Å². The van der Waals surface area contributed by atoms with E-state index in [9.17, 15) is 13.2 Å². The normalized spacial score (nSPS) is 20.7. The van der Waals surface area contributed by atoms with Gasteiger partial charge in [-0.2, -0.15) is 5.26 Å². The molecule has 112 valence electrons. The van der Waals surface area contributed by atoms with Crippen LogP contribution in [0.2, 0.25) is 0 Å². The second-order valence-corrected chi connectivity index (χ2v) is 6.93. The van der Waals surface area contributed by atoms with Crippen molar-refractivity contribution in [3.63, 3.8) is 0 Å². The monoisotopic (exact) mass is 309 g/mol. The van der Waals surface area contributed by atoms with E-state index in [4.69, 9.17) is 9.68 Å². The molecule has 7 nitrogen and oxygen atoms in total. The molecule has 0 saturated carbocycles. The average molecular weight is 309 g/mol. The van der Waals surface area contributed by atoms with Gasteiger partial charge in [-0.05, 0) is 18.6 Å². The first-order valence-corrected chi connectivity index (χ1v) is 8.19. The Morgan fingerprint density at radius 3 is 2.95 bits per heavy atom. The van der Waals surface area contributed by atoms with E-state index in [-0.39, 0.29) is 29.7 Å². The standard InChI is InChI=1S/C13H15N3O4S/c14-6-10(7-15-11-3-5-21(18,19)9-11)13(17)16-8-12-2-1-4-20-12/h1-2,4,7,11,15H,3,5,8-9H2,(H,16,17)/b10-7-. The number of hydrogen-bond donors (Lipinski definition) is 2. The zero-order valence-corrected chi connectivity index (χ0v) is 12.0. The van der Waals surface area contributed by atoms with Gasteiger partial charge in [-0.3, -0.25) is 4.79 Å². The number of carbonyl (C=O) groups is 1. The van der Waals surface area contributed by atoms with Crippen LogP contribution in [0.1, 0.15) is 12.2 Å². The Morgan fingerprint density at radius 2 is 2.38 bits per heavy atom. The molecule has 2 rings (SSSR count). The number of rotatable bonds is 5. The van der Waals surface area contributed by atoms with Crippen molar-refractivity contribution in [2.24, 2.45) is 0 Å². The van der Waals surface area contributed by atoms with Crippen LogP contribution < -0.4 is 10.6 Å². The largest absolute Gasteiger partial charge is 0.467 e. The third-order valence-electron chi connectivity index (χ3n) is 3.06. The summed E-state index contributed by atoms with van der Waals surface area (Å²) in [5.41, 5.74) is -0.106. The summed E-state index contributed by atoms with van der Waals surface area (Å²) < 4.78 is 27.7. The summed E-state index contributed by atoms with van der Waals surface area (Å²) in [6, 6.07) is 4.93. The zero-order valence-electron chi connectivity index (χ0n) is 11.2. The van der Waals surface area contributed by atoms with E-state index >= 15 is 0 Å². The van der Waals surface area contributed by atoms with Crippen LogP contribution in [-0.4, -0.2) is 31.9 Å². The van der Waals surface area contributed by atoms with Gasteiger partial charge in [0.05, 0.1) is 24.3 Å². The molecule has 1 aromatic heterocycles. The van der Waals surface area contributed by atoms with Gasteiger partial charge in [0, 0.05) is 12.2 Å². The summed E-state index contributed by atoms with van der Waals surface area (Å²) >= 11 is 0. The molecule has 0 aliphatic carbocycles. The Bertz CT molecular complexity index is 671. The Kier molecular flexibility index (Phi) is 4.65. The third-order valence-corrected chi connectivity index (χ3v) is 4.83. The number of hydrogen-bond acceptors (Lipinski definition) is 6. The van der Waals surface area contributed by atoms with E-state index in [1.165, 1.54) is 12.5 Å². The van der Waals surface area contributed by atoms with Crippen LogP contribution in [-0.2, 0) is 21.2 Å². The molecule has 1 amide bonds. The first-order chi connectivity index (χ1) is 10.00. The lowest BCUT2D eigenvalue weighted by Crippen LogP contribution is -2.29. The van der Waals surface area contributed by atoms with E-state index < -0.39 is 15.7 Å². The van der Waals surface area contributed by atoms with Crippen molar-refractivity contribution in [2.45, 2.75) is 19.0 Å². The molecular weight excluding hydrogens is 294 g/mol. The minimum absolute atomic E-state index is 0.0240. The van der Waals surface area contributed by atoms with E-state index in [0.717, 1.165) is 0 Å². The van der Waals surface area contributed by atoms with Gasteiger partial charge in [-0.25, -0.2) is 8.42 Å². The van der Waals surface area contributed by atoms with Crippen molar-refractivity contribution < 1.29 is 17.6 Å². The second-order valence-electron chi connectivity index (χ2n) is 4.70. The lowest BCUT2D eigenvalue weighted by atomic mass is 10.2. The van der Waals surface area contributed by atoms with Crippen LogP contribution in [0.4, 0.5) is 0 Å². The van der Waals surface area contributed by atoms with Crippen LogP contribution in [0.3, 0.4) is 0 Å². The van der Waals surface area contributed by atoms with Gasteiger partial charge in [0.1, 0.15) is 17.4 Å². The lowest BCUT2D eigenvalue weighted by Gasteiger charge is -2.08. The average Bonchev–Trinajstić information content (AvgIpc) is 3.06. The van der Waals surface area contributed by atoms with Crippen molar-refractivity contribution in [1.29, 1.82) is 5.26 Å². The van der Waals surface area contributed by atoms with Crippen LogP contribution in [0.5, 0.6) is 0 Å². The molecule has 1 aliphatic rings. The summed E-state index contributed by atoms with van der Waals surface area (Å²) in [7, 11) is -3.00. The quantitative estimate of drug-likeness (QED) is 0.588. The van der Waals surface area contributed by atoms with Gasteiger partial charge in [0.2, 0.25) is 0 Å². The maximum atomic E-state index is 11.8. The van der Waals surface area contributed by atoms with E-state index in [1.807, 2.05) is 0 Å². The highest BCUT2D eigenvalue weighted by Crippen LogP contribution is 2.11. The number of nitrogens with zero attached hydrogens (tertiary/aromatic N) is 1. The molecule has 1 aliphatic heterocycles. The minimum Gasteiger partial charge on any atom is -0.467 e. The molecule has 0 bridgehead atoms. The van der Waals surface area contributed by atoms with Gasteiger partial charge >= 0.3 is 0 Å². The number of nitrogens with one attached hydrogen (secondary N) is 2. The van der Waals surface area contributed by atoms with Crippen molar-refractivity contribution >= 4 is 15.7 Å². The van der Waals surface area contributed by atoms with Crippen LogP contribution in [0.25, 0.3) is 0 Å². The predicted octanol–water partition coefficient (Wildman–Crippen LogP) is 0.0800. The topological polar surface area (TPSA) is 112 Å². The summed E-state index contributed by atoms with van der Waals surface area (Å²) in [4.78, 5) is 11.8. The number of nitriles is 1. The summed E-state index contributed by atoms with van der Waals surface area (Å²) in [6.07, 6.45) is 3.24. The molecule has 1 aromatic rings. The summed E-state index contributed by atoms with van der Waals surface area (Å²) in [5, 5.41) is 14.3. The molecule has 1 unspecified atom stereocenters. The Labute approximate surface area is 122 Å². The van der Waals surface area contributed by atoms with E-state index in [2.05, 4.69) is 10.6 Å². The Hall–Kier alpha value is -2.27. The molecule has 0 radical (unpaired) electrons. The number of carbonyl (C=O) groups excluding carboxylic acids is 1. The van der Waals surface area contributed by atoms with Gasteiger partial charge in [0.15, 0.2) is 9.84 Å². The molecule has 2 N–H and O–H groups in total. The molecule has 1 fully saturated rings. The van der Waals surface area contributed by atoms with Gasteiger partial charge < -0.3 is 15.1 Å². The van der Waals surface area contributed by atoms with Crippen LogP contribution in [0, 0.1) is 11.3 Å². The molecule has 0 aromatic carbocycles. The second kappa shape index (κ2) is 6.45. The maximum absolute atomic E-state index is 11.8. The molecular formula is C13H15N3O4S. The molecule has 1 atom stereocenters. The fourth-order valence-electron chi connectivity index (χ4n) is 1.95. The Morgan fingerprint density at radius 1 is 1.57 bits per heavy atom. The van der Waals surface area contributed by atoms with E-state index in [0.29, 0.717) is 12.2 Å². The van der Waals surface area contributed by atoms with Crippen molar-refractivity contribution in [2.75, 3.05) is 11.5 Å².